The van der Waals surface area contributed by atoms with Crippen LogP contribution >= 0.6 is 23.2 Å². The van der Waals surface area contributed by atoms with E-state index in [1.807, 2.05) is 30.3 Å². The first-order valence-electron chi connectivity index (χ1n) is 6.37. The van der Waals surface area contributed by atoms with Gasteiger partial charge in [0.25, 0.3) is 5.91 Å². The zero-order valence-corrected chi connectivity index (χ0v) is 12.7. The summed E-state index contributed by atoms with van der Waals surface area (Å²) < 4.78 is 0. The largest absolute Gasteiger partial charge is 0.395 e. The number of aromatic nitrogens is 1. The maximum Gasteiger partial charge on any atom is 0.255 e. The first-order valence-corrected chi connectivity index (χ1v) is 7.12. The van der Waals surface area contributed by atoms with Crippen LogP contribution in [-0.4, -0.2) is 34.0 Å². The van der Waals surface area contributed by atoms with E-state index >= 15 is 0 Å². The zero-order valence-electron chi connectivity index (χ0n) is 11.2. The van der Waals surface area contributed by atoms with Crippen LogP contribution in [-0.2, 0) is 6.54 Å². The van der Waals surface area contributed by atoms with Crippen LogP contribution in [0.2, 0.25) is 10.2 Å². The van der Waals surface area contributed by atoms with Gasteiger partial charge in [0.2, 0.25) is 0 Å². The molecule has 0 bridgehead atoms. The summed E-state index contributed by atoms with van der Waals surface area (Å²) in [6, 6.07) is 11.0. The van der Waals surface area contributed by atoms with Crippen LogP contribution in [0.3, 0.4) is 0 Å². The molecule has 2 rings (SSSR count). The summed E-state index contributed by atoms with van der Waals surface area (Å²) in [6.45, 7) is 0.516. The topological polar surface area (TPSA) is 53.4 Å². The van der Waals surface area contributed by atoms with Crippen LogP contribution < -0.4 is 0 Å². The van der Waals surface area contributed by atoms with Crippen LogP contribution in [0.5, 0.6) is 0 Å². The average molecular weight is 325 g/mol. The van der Waals surface area contributed by atoms with Gasteiger partial charge in [-0.15, -0.1) is 0 Å². The van der Waals surface area contributed by atoms with E-state index in [0.717, 1.165) is 5.56 Å². The molecule has 4 nitrogen and oxygen atoms in total. The van der Waals surface area contributed by atoms with Gasteiger partial charge < -0.3 is 10.0 Å². The Morgan fingerprint density at radius 1 is 1.24 bits per heavy atom. The highest BCUT2D eigenvalue weighted by Crippen LogP contribution is 2.21. The van der Waals surface area contributed by atoms with Crippen molar-refractivity contribution >= 4 is 29.1 Å². The van der Waals surface area contributed by atoms with E-state index in [4.69, 9.17) is 28.3 Å². The summed E-state index contributed by atoms with van der Waals surface area (Å²) in [7, 11) is 0. The SMILES string of the molecule is O=C(c1cnc(Cl)c(Cl)c1)N(CCO)Cc1ccccc1. The molecule has 0 unspecified atom stereocenters. The van der Waals surface area contributed by atoms with Crippen molar-refractivity contribution in [2.75, 3.05) is 13.2 Å². The number of pyridine rings is 1. The van der Waals surface area contributed by atoms with Gasteiger partial charge in [-0.25, -0.2) is 4.98 Å². The van der Waals surface area contributed by atoms with Gasteiger partial charge in [-0.3, -0.25) is 4.79 Å². The molecule has 0 atom stereocenters. The molecule has 1 aromatic carbocycles. The van der Waals surface area contributed by atoms with Crippen molar-refractivity contribution in [1.29, 1.82) is 0 Å². The Bertz CT molecular complexity index is 620. The van der Waals surface area contributed by atoms with E-state index in [9.17, 15) is 4.79 Å². The molecule has 1 heterocycles. The summed E-state index contributed by atoms with van der Waals surface area (Å²) in [5.74, 6) is -0.251. The van der Waals surface area contributed by atoms with Crippen molar-refractivity contribution in [3.8, 4) is 0 Å². The van der Waals surface area contributed by atoms with Gasteiger partial charge in [-0.1, -0.05) is 53.5 Å². The number of halogens is 2. The number of carbonyl (C=O) groups excluding carboxylic acids is 1. The quantitative estimate of drug-likeness (QED) is 0.860. The van der Waals surface area contributed by atoms with E-state index in [2.05, 4.69) is 4.98 Å². The van der Waals surface area contributed by atoms with Gasteiger partial charge in [0.1, 0.15) is 5.15 Å². The lowest BCUT2D eigenvalue weighted by atomic mass is 10.2. The molecule has 0 fully saturated rings. The van der Waals surface area contributed by atoms with Crippen molar-refractivity contribution in [1.82, 2.24) is 9.88 Å². The third kappa shape index (κ3) is 4.17. The molecule has 0 radical (unpaired) electrons. The van der Waals surface area contributed by atoms with E-state index in [1.165, 1.54) is 17.2 Å². The van der Waals surface area contributed by atoms with Crippen LogP contribution in [0.25, 0.3) is 0 Å². The average Bonchev–Trinajstić information content (AvgIpc) is 2.50. The van der Waals surface area contributed by atoms with Crippen LogP contribution in [0, 0.1) is 0 Å². The first-order chi connectivity index (χ1) is 10.1. The minimum absolute atomic E-state index is 0.118. The number of benzene rings is 1. The molecule has 0 saturated heterocycles. The van der Waals surface area contributed by atoms with Crippen LogP contribution in [0.1, 0.15) is 15.9 Å². The highest BCUT2D eigenvalue weighted by Gasteiger charge is 2.17. The molecular weight excluding hydrogens is 311 g/mol. The molecule has 0 saturated carbocycles. The number of hydrogen-bond acceptors (Lipinski definition) is 3. The predicted octanol–water partition coefficient (Wildman–Crippen LogP) is 3.02. The Morgan fingerprint density at radius 3 is 2.57 bits per heavy atom. The summed E-state index contributed by atoms with van der Waals surface area (Å²) in [6.07, 6.45) is 1.38. The van der Waals surface area contributed by atoms with Crippen molar-refractivity contribution in [3.05, 3.63) is 63.9 Å². The van der Waals surface area contributed by atoms with Crippen molar-refractivity contribution < 1.29 is 9.90 Å². The number of hydrogen-bond donors (Lipinski definition) is 1. The van der Waals surface area contributed by atoms with Crippen molar-refractivity contribution in [3.63, 3.8) is 0 Å². The monoisotopic (exact) mass is 324 g/mol. The Balaban J connectivity index is 2.20. The van der Waals surface area contributed by atoms with Gasteiger partial charge in [-0.2, -0.15) is 0 Å². The second-order valence-corrected chi connectivity index (χ2v) is 5.20. The summed E-state index contributed by atoms with van der Waals surface area (Å²) >= 11 is 11.6. The molecule has 1 N–H and O–H groups in total. The van der Waals surface area contributed by atoms with Gasteiger partial charge in [0, 0.05) is 19.3 Å². The molecule has 1 amide bonds. The highest BCUT2D eigenvalue weighted by atomic mass is 35.5. The second-order valence-electron chi connectivity index (χ2n) is 4.43. The molecule has 0 aliphatic heterocycles. The minimum atomic E-state index is -0.251. The fraction of sp³-hybridized carbons (Fsp3) is 0.200. The lowest BCUT2D eigenvalue weighted by molar-refractivity contribution is 0.0707. The van der Waals surface area contributed by atoms with E-state index in [1.54, 1.807) is 0 Å². The van der Waals surface area contributed by atoms with Crippen LogP contribution in [0.4, 0.5) is 0 Å². The van der Waals surface area contributed by atoms with Gasteiger partial charge in [0.15, 0.2) is 0 Å². The van der Waals surface area contributed by atoms with E-state index < -0.39 is 0 Å². The maximum absolute atomic E-state index is 12.5. The number of carbonyl (C=O) groups is 1. The number of aliphatic hydroxyl groups is 1. The Morgan fingerprint density at radius 2 is 1.95 bits per heavy atom. The molecule has 1 aromatic heterocycles. The van der Waals surface area contributed by atoms with Crippen molar-refractivity contribution in [2.24, 2.45) is 0 Å². The Kier molecular flexibility index (Phi) is 5.56. The second kappa shape index (κ2) is 7.41. The third-order valence-electron chi connectivity index (χ3n) is 2.92. The van der Waals surface area contributed by atoms with Crippen LogP contribution in [0.15, 0.2) is 42.6 Å². The highest BCUT2D eigenvalue weighted by molar-refractivity contribution is 6.41. The predicted molar refractivity (Wildman–Crippen MR) is 82.5 cm³/mol. The van der Waals surface area contributed by atoms with Gasteiger partial charge in [0.05, 0.1) is 17.2 Å². The fourth-order valence-electron chi connectivity index (χ4n) is 1.90. The van der Waals surface area contributed by atoms with Crippen molar-refractivity contribution in [2.45, 2.75) is 6.54 Å². The molecule has 110 valence electrons. The maximum atomic E-state index is 12.5. The molecule has 0 spiro atoms. The molecular formula is C15H14Cl2N2O2. The fourth-order valence-corrected chi connectivity index (χ4v) is 2.17. The Hall–Kier alpha value is -1.62. The third-order valence-corrected chi connectivity index (χ3v) is 3.60. The number of aliphatic hydroxyl groups excluding tert-OH is 1. The molecule has 0 aliphatic carbocycles. The van der Waals surface area contributed by atoms with Gasteiger partial charge in [-0.05, 0) is 11.6 Å². The first kappa shape index (κ1) is 15.8. The summed E-state index contributed by atoms with van der Waals surface area (Å²) in [5, 5.41) is 9.54. The van der Waals surface area contributed by atoms with E-state index in [0.29, 0.717) is 12.1 Å². The van der Waals surface area contributed by atoms with E-state index in [-0.39, 0.29) is 29.2 Å². The minimum Gasteiger partial charge on any atom is -0.395 e. The lowest BCUT2D eigenvalue weighted by Gasteiger charge is -2.22. The van der Waals surface area contributed by atoms with Gasteiger partial charge >= 0.3 is 0 Å². The summed E-state index contributed by atoms with van der Waals surface area (Å²) in [4.78, 5) is 17.9. The Labute approximate surface area is 132 Å². The standard InChI is InChI=1S/C15H14Cl2N2O2/c16-13-8-12(9-18-14(13)17)15(21)19(6-7-20)10-11-4-2-1-3-5-11/h1-5,8-9,20H,6-7,10H2. The molecule has 2 aromatic rings. The zero-order chi connectivity index (χ0) is 15.2. The molecule has 21 heavy (non-hydrogen) atoms. The number of nitrogens with zero attached hydrogens (tertiary/aromatic N) is 2. The normalized spacial score (nSPS) is 10.4. The number of amides is 1. The lowest BCUT2D eigenvalue weighted by Crippen LogP contribution is -2.33. The molecule has 6 heteroatoms. The summed E-state index contributed by atoms with van der Waals surface area (Å²) in [5.41, 5.74) is 1.32. The smallest absolute Gasteiger partial charge is 0.255 e. The molecule has 0 aliphatic rings. The number of rotatable bonds is 5.